The lowest BCUT2D eigenvalue weighted by molar-refractivity contribution is -0.144. The highest BCUT2D eigenvalue weighted by Gasteiger charge is 2.29. The van der Waals surface area contributed by atoms with Crippen LogP contribution in [0.5, 0.6) is 0 Å². The standard InChI is InChI=1S/C17H25NO2/c1-3-5-14-6-4-7-15(10-14)11-18-12-16(17(19)20)9-8-13(18)2/h4,6-7,10,13,16H,3,5,8-9,11-12H2,1-2H3,(H,19,20). The van der Waals surface area contributed by atoms with Crippen molar-refractivity contribution in [1.29, 1.82) is 0 Å². The molecule has 1 fully saturated rings. The van der Waals surface area contributed by atoms with Crippen LogP contribution in [0.2, 0.25) is 0 Å². The Labute approximate surface area is 121 Å². The number of benzene rings is 1. The van der Waals surface area contributed by atoms with E-state index in [1.165, 1.54) is 11.1 Å². The van der Waals surface area contributed by atoms with Gasteiger partial charge in [-0.1, -0.05) is 37.6 Å². The molecule has 2 unspecified atom stereocenters. The highest BCUT2D eigenvalue weighted by Crippen LogP contribution is 2.24. The van der Waals surface area contributed by atoms with E-state index in [1.807, 2.05) is 0 Å². The first-order valence-electron chi connectivity index (χ1n) is 7.64. The summed E-state index contributed by atoms with van der Waals surface area (Å²) in [7, 11) is 0. The van der Waals surface area contributed by atoms with Gasteiger partial charge in [-0.25, -0.2) is 0 Å². The third kappa shape index (κ3) is 3.83. The quantitative estimate of drug-likeness (QED) is 0.896. The van der Waals surface area contributed by atoms with Gasteiger partial charge in [0.1, 0.15) is 0 Å². The van der Waals surface area contributed by atoms with E-state index in [1.54, 1.807) is 0 Å². The second kappa shape index (κ2) is 6.89. The van der Waals surface area contributed by atoms with Crippen LogP contribution in [0.4, 0.5) is 0 Å². The molecule has 110 valence electrons. The first-order valence-corrected chi connectivity index (χ1v) is 7.64. The van der Waals surface area contributed by atoms with Gasteiger partial charge in [-0.2, -0.15) is 0 Å². The Balaban J connectivity index is 2.03. The summed E-state index contributed by atoms with van der Waals surface area (Å²) >= 11 is 0. The van der Waals surface area contributed by atoms with Crippen molar-refractivity contribution in [2.45, 2.75) is 52.1 Å². The summed E-state index contributed by atoms with van der Waals surface area (Å²) in [6.45, 7) is 5.93. The Morgan fingerprint density at radius 1 is 1.35 bits per heavy atom. The second-order valence-corrected chi connectivity index (χ2v) is 5.96. The fourth-order valence-electron chi connectivity index (χ4n) is 3.01. The predicted octanol–water partition coefficient (Wildman–Crippen LogP) is 3.32. The fraction of sp³-hybridized carbons (Fsp3) is 0.588. The summed E-state index contributed by atoms with van der Waals surface area (Å²) in [5.41, 5.74) is 2.68. The van der Waals surface area contributed by atoms with Gasteiger partial charge in [0.2, 0.25) is 0 Å². The Kier molecular flexibility index (Phi) is 5.18. The van der Waals surface area contributed by atoms with Crippen LogP contribution < -0.4 is 0 Å². The monoisotopic (exact) mass is 275 g/mol. The number of hydrogen-bond acceptors (Lipinski definition) is 2. The molecule has 0 amide bonds. The van der Waals surface area contributed by atoms with E-state index in [2.05, 4.69) is 43.0 Å². The van der Waals surface area contributed by atoms with Gasteiger partial charge in [0, 0.05) is 19.1 Å². The second-order valence-electron chi connectivity index (χ2n) is 5.96. The minimum Gasteiger partial charge on any atom is -0.481 e. The maximum absolute atomic E-state index is 11.2. The van der Waals surface area contributed by atoms with Crippen molar-refractivity contribution in [3.8, 4) is 0 Å². The molecular weight excluding hydrogens is 250 g/mol. The van der Waals surface area contributed by atoms with Crippen molar-refractivity contribution in [2.75, 3.05) is 6.54 Å². The summed E-state index contributed by atoms with van der Waals surface area (Å²) in [6.07, 6.45) is 4.06. The Bertz CT molecular complexity index is 458. The Morgan fingerprint density at radius 2 is 2.10 bits per heavy atom. The van der Waals surface area contributed by atoms with E-state index in [0.29, 0.717) is 12.6 Å². The average Bonchev–Trinajstić information content (AvgIpc) is 2.42. The molecule has 0 bridgehead atoms. The van der Waals surface area contributed by atoms with Gasteiger partial charge in [-0.3, -0.25) is 9.69 Å². The van der Waals surface area contributed by atoms with Crippen LogP contribution in [-0.4, -0.2) is 28.6 Å². The largest absolute Gasteiger partial charge is 0.481 e. The number of hydrogen-bond donors (Lipinski definition) is 1. The first-order chi connectivity index (χ1) is 9.60. The Morgan fingerprint density at radius 3 is 2.80 bits per heavy atom. The van der Waals surface area contributed by atoms with Gasteiger partial charge >= 0.3 is 5.97 Å². The van der Waals surface area contributed by atoms with E-state index in [0.717, 1.165) is 32.2 Å². The highest BCUT2D eigenvalue weighted by atomic mass is 16.4. The van der Waals surface area contributed by atoms with Crippen LogP contribution in [0.15, 0.2) is 24.3 Å². The lowest BCUT2D eigenvalue weighted by Gasteiger charge is -2.36. The van der Waals surface area contributed by atoms with Crippen molar-refractivity contribution in [2.24, 2.45) is 5.92 Å². The van der Waals surface area contributed by atoms with E-state index < -0.39 is 5.97 Å². The van der Waals surface area contributed by atoms with Gasteiger partial charge in [-0.15, -0.1) is 0 Å². The molecule has 0 aromatic heterocycles. The fourth-order valence-corrected chi connectivity index (χ4v) is 3.01. The molecule has 1 aromatic rings. The number of aryl methyl sites for hydroxylation is 1. The minimum atomic E-state index is -0.651. The van der Waals surface area contributed by atoms with Crippen LogP contribution >= 0.6 is 0 Å². The normalized spacial score (nSPS) is 23.7. The predicted molar refractivity (Wildman–Crippen MR) is 80.7 cm³/mol. The van der Waals surface area contributed by atoms with Gasteiger partial charge in [0.05, 0.1) is 5.92 Å². The van der Waals surface area contributed by atoms with Crippen molar-refractivity contribution < 1.29 is 9.90 Å². The number of aliphatic carboxylic acids is 1. The van der Waals surface area contributed by atoms with Gasteiger partial charge in [0.15, 0.2) is 0 Å². The smallest absolute Gasteiger partial charge is 0.307 e. The summed E-state index contributed by atoms with van der Waals surface area (Å²) in [5, 5.41) is 9.20. The van der Waals surface area contributed by atoms with Crippen LogP contribution in [0, 0.1) is 5.92 Å². The first kappa shape index (κ1) is 15.0. The maximum atomic E-state index is 11.2. The molecule has 1 heterocycles. The zero-order valence-electron chi connectivity index (χ0n) is 12.5. The molecule has 1 aromatic carbocycles. The van der Waals surface area contributed by atoms with Crippen molar-refractivity contribution in [3.05, 3.63) is 35.4 Å². The molecule has 0 spiro atoms. The van der Waals surface area contributed by atoms with E-state index in [4.69, 9.17) is 0 Å². The van der Waals surface area contributed by atoms with Crippen LogP contribution in [-0.2, 0) is 17.8 Å². The molecule has 1 saturated heterocycles. The number of carboxylic acids is 1. The molecular formula is C17H25NO2. The number of likely N-dealkylation sites (tertiary alicyclic amines) is 1. The molecule has 0 aliphatic carbocycles. The lowest BCUT2D eigenvalue weighted by Crippen LogP contribution is -2.43. The van der Waals surface area contributed by atoms with Crippen LogP contribution in [0.3, 0.4) is 0 Å². The minimum absolute atomic E-state index is 0.204. The van der Waals surface area contributed by atoms with Gasteiger partial charge < -0.3 is 5.11 Å². The highest BCUT2D eigenvalue weighted by molar-refractivity contribution is 5.70. The maximum Gasteiger partial charge on any atom is 0.307 e. The summed E-state index contributed by atoms with van der Waals surface area (Å²) in [4.78, 5) is 13.5. The van der Waals surface area contributed by atoms with Gasteiger partial charge in [0.25, 0.3) is 0 Å². The SMILES string of the molecule is CCCc1cccc(CN2CC(C(=O)O)CCC2C)c1. The van der Waals surface area contributed by atoms with Gasteiger partial charge in [-0.05, 0) is 37.3 Å². The topological polar surface area (TPSA) is 40.5 Å². The Hall–Kier alpha value is -1.35. The van der Waals surface area contributed by atoms with E-state index in [-0.39, 0.29) is 5.92 Å². The third-order valence-electron chi connectivity index (χ3n) is 4.28. The van der Waals surface area contributed by atoms with Crippen molar-refractivity contribution >= 4 is 5.97 Å². The average molecular weight is 275 g/mol. The van der Waals surface area contributed by atoms with E-state index in [9.17, 15) is 9.90 Å². The molecule has 0 radical (unpaired) electrons. The van der Waals surface area contributed by atoms with E-state index >= 15 is 0 Å². The third-order valence-corrected chi connectivity index (χ3v) is 4.28. The number of rotatable bonds is 5. The number of carbonyl (C=O) groups is 1. The lowest BCUT2D eigenvalue weighted by atomic mass is 9.93. The molecule has 1 aliphatic heterocycles. The number of piperidine rings is 1. The van der Waals surface area contributed by atoms with Crippen LogP contribution in [0.1, 0.15) is 44.2 Å². The zero-order valence-corrected chi connectivity index (χ0v) is 12.5. The van der Waals surface area contributed by atoms with Crippen LogP contribution in [0.25, 0.3) is 0 Å². The summed E-state index contributed by atoms with van der Waals surface area (Å²) < 4.78 is 0. The molecule has 2 rings (SSSR count). The summed E-state index contributed by atoms with van der Waals surface area (Å²) in [5.74, 6) is -0.855. The number of nitrogens with zero attached hydrogens (tertiary/aromatic N) is 1. The molecule has 20 heavy (non-hydrogen) atoms. The van der Waals surface area contributed by atoms with Crippen molar-refractivity contribution in [3.63, 3.8) is 0 Å². The molecule has 0 saturated carbocycles. The zero-order chi connectivity index (χ0) is 14.5. The number of carboxylic acid groups (broad SMARTS) is 1. The molecule has 1 aliphatic rings. The molecule has 2 atom stereocenters. The molecule has 3 nitrogen and oxygen atoms in total. The molecule has 3 heteroatoms. The summed E-state index contributed by atoms with van der Waals surface area (Å²) in [6, 6.07) is 9.17. The van der Waals surface area contributed by atoms with Crippen molar-refractivity contribution in [1.82, 2.24) is 4.90 Å². The molecule has 1 N–H and O–H groups in total.